The van der Waals surface area contributed by atoms with Gasteiger partial charge in [0.15, 0.2) is 0 Å². The molecule has 0 radical (unpaired) electrons. The van der Waals surface area contributed by atoms with Crippen LogP contribution in [-0.2, 0) is 6.54 Å². The van der Waals surface area contributed by atoms with Crippen molar-refractivity contribution in [1.82, 2.24) is 4.57 Å². The van der Waals surface area contributed by atoms with Gasteiger partial charge in [0.2, 0.25) is 5.43 Å². The molecule has 0 amide bonds. The van der Waals surface area contributed by atoms with E-state index in [0.717, 1.165) is 20.5 Å². The molecule has 0 fully saturated rings. The summed E-state index contributed by atoms with van der Waals surface area (Å²) in [5.74, 6) is -1.27. The van der Waals surface area contributed by atoms with Gasteiger partial charge in [0.1, 0.15) is 5.56 Å². The minimum Gasteiger partial charge on any atom is -0.477 e. The summed E-state index contributed by atoms with van der Waals surface area (Å²) in [6.07, 6.45) is 1.29. The van der Waals surface area contributed by atoms with E-state index in [1.165, 1.54) is 6.20 Å². The number of aliphatic hydroxyl groups is 1. The minimum atomic E-state index is -1.27. The van der Waals surface area contributed by atoms with Crippen LogP contribution in [-0.4, -0.2) is 27.4 Å². The fourth-order valence-electron chi connectivity index (χ4n) is 3.12. The second-order valence-electron chi connectivity index (χ2n) is 5.97. The molecular formula is C20H15NO4S. The third kappa shape index (κ3) is 2.69. The highest BCUT2D eigenvalue weighted by Crippen LogP contribution is 2.34. The third-order valence-electron chi connectivity index (χ3n) is 4.36. The molecule has 0 bridgehead atoms. The Morgan fingerprint density at radius 3 is 2.65 bits per heavy atom. The van der Waals surface area contributed by atoms with Crippen molar-refractivity contribution in [1.29, 1.82) is 0 Å². The lowest BCUT2D eigenvalue weighted by Gasteiger charge is -2.11. The van der Waals surface area contributed by atoms with Gasteiger partial charge >= 0.3 is 5.97 Å². The number of benzene rings is 2. The Morgan fingerprint density at radius 2 is 1.92 bits per heavy atom. The molecule has 2 aromatic heterocycles. The molecule has 4 rings (SSSR count). The average Bonchev–Trinajstić information content (AvgIpc) is 3.08. The first-order chi connectivity index (χ1) is 12.6. The summed E-state index contributed by atoms with van der Waals surface area (Å²) in [4.78, 5) is 25.1. The number of hydrogen-bond acceptors (Lipinski definition) is 4. The van der Waals surface area contributed by atoms with Gasteiger partial charge in [-0.2, -0.15) is 0 Å². The Morgan fingerprint density at radius 1 is 1.12 bits per heavy atom. The molecule has 2 heterocycles. The van der Waals surface area contributed by atoms with Crippen LogP contribution in [0.15, 0.2) is 59.5 Å². The van der Waals surface area contributed by atoms with Crippen molar-refractivity contribution in [2.45, 2.75) is 6.54 Å². The molecule has 0 aliphatic rings. The van der Waals surface area contributed by atoms with Crippen LogP contribution in [0.4, 0.5) is 0 Å². The van der Waals surface area contributed by atoms with E-state index in [1.807, 2.05) is 30.3 Å². The van der Waals surface area contributed by atoms with Gasteiger partial charge in [-0.25, -0.2) is 4.79 Å². The lowest BCUT2D eigenvalue weighted by molar-refractivity contribution is 0.0694. The topological polar surface area (TPSA) is 79.5 Å². The summed E-state index contributed by atoms with van der Waals surface area (Å²) >= 11 is 1.62. The highest BCUT2D eigenvalue weighted by molar-refractivity contribution is 7.22. The van der Waals surface area contributed by atoms with E-state index >= 15 is 0 Å². The zero-order valence-corrected chi connectivity index (χ0v) is 14.5. The van der Waals surface area contributed by atoms with E-state index in [-0.39, 0.29) is 18.7 Å². The van der Waals surface area contributed by atoms with Crippen LogP contribution >= 0.6 is 11.3 Å². The molecule has 2 aromatic carbocycles. The van der Waals surface area contributed by atoms with Gasteiger partial charge in [-0.15, -0.1) is 11.3 Å². The van der Waals surface area contributed by atoms with Crippen molar-refractivity contribution >= 4 is 38.3 Å². The Labute approximate surface area is 152 Å². The number of rotatable bonds is 4. The van der Waals surface area contributed by atoms with E-state index < -0.39 is 11.4 Å². The van der Waals surface area contributed by atoms with Crippen LogP contribution in [0, 0.1) is 0 Å². The van der Waals surface area contributed by atoms with Crippen LogP contribution in [0.1, 0.15) is 10.4 Å². The molecule has 0 spiro atoms. The standard InChI is InChI=1S/C20H15NO4S/c22-8-7-21-11-15(20(24)25)19(23)14-9-13(5-6-16(14)21)18-10-12-3-1-2-4-17(12)26-18/h1-6,9-11,22H,7-8H2,(H,24,25). The van der Waals surface area contributed by atoms with Gasteiger partial charge in [0.25, 0.3) is 0 Å². The summed E-state index contributed by atoms with van der Waals surface area (Å²) in [7, 11) is 0. The number of aromatic carboxylic acids is 1. The van der Waals surface area contributed by atoms with E-state index in [1.54, 1.807) is 28.0 Å². The maximum Gasteiger partial charge on any atom is 0.341 e. The first-order valence-electron chi connectivity index (χ1n) is 8.09. The molecule has 26 heavy (non-hydrogen) atoms. The zero-order valence-electron chi connectivity index (χ0n) is 13.7. The summed E-state index contributed by atoms with van der Waals surface area (Å²) in [6.45, 7) is 0.0778. The van der Waals surface area contributed by atoms with Gasteiger partial charge in [0.05, 0.1) is 12.1 Å². The number of carboxylic acid groups (broad SMARTS) is 1. The average molecular weight is 365 g/mol. The van der Waals surface area contributed by atoms with Gasteiger partial charge in [0, 0.05) is 27.7 Å². The number of carbonyl (C=O) groups is 1. The van der Waals surface area contributed by atoms with E-state index in [9.17, 15) is 19.8 Å². The third-order valence-corrected chi connectivity index (χ3v) is 5.53. The molecule has 0 aliphatic heterocycles. The monoisotopic (exact) mass is 365 g/mol. The van der Waals surface area contributed by atoms with Crippen molar-refractivity contribution in [2.75, 3.05) is 6.61 Å². The zero-order chi connectivity index (χ0) is 18.3. The number of aliphatic hydroxyl groups excluding tert-OH is 1. The Hall–Kier alpha value is -2.96. The summed E-state index contributed by atoms with van der Waals surface area (Å²) in [6, 6.07) is 15.6. The van der Waals surface area contributed by atoms with Crippen molar-refractivity contribution in [3.63, 3.8) is 0 Å². The minimum absolute atomic E-state index is 0.144. The van der Waals surface area contributed by atoms with Gasteiger partial charge in [-0.3, -0.25) is 4.79 Å². The van der Waals surface area contributed by atoms with Crippen LogP contribution in [0.5, 0.6) is 0 Å². The van der Waals surface area contributed by atoms with E-state index in [0.29, 0.717) is 10.9 Å². The predicted octanol–water partition coefficient (Wildman–Crippen LogP) is 3.57. The fourth-order valence-corrected chi connectivity index (χ4v) is 4.18. The number of hydrogen-bond donors (Lipinski definition) is 2. The number of carboxylic acids is 1. The van der Waals surface area contributed by atoms with E-state index in [2.05, 4.69) is 6.07 Å². The van der Waals surface area contributed by atoms with Crippen molar-refractivity contribution < 1.29 is 15.0 Å². The largest absolute Gasteiger partial charge is 0.477 e. The van der Waals surface area contributed by atoms with Gasteiger partial charge in [-0.1, -0.05) is 24.3 Å². The van der Waals surface area contributed by atoms with Gasteiger partial charge < -0.3 is 14.8 Å². The molecule has 0 aliphatic carbocycles. The molecule has 0 saturated carbocycles. The molecule has 2 N–H and O–H groups in total. The highest BCUT2D eigenvalue weighted by Gasteiger charge is 2.15. The van der Waals surface area contributed by atoms with Crippen LogP contribution < -0.4 is 5.43 Å². The Balaban J connectivity index is 1.97. The Bertz CT molecular complexity index is 1170. The summed E-state index contributed by atoms with van der Waals surface area (Å²) < 4.78 is 2.76. The normalized spacial score (nSPS) is 11.3. The maximum absolute atomic E-state index is 12.6. The number of aromatic nitrogens is 1. The molecule has 6 heteroatoms. The predicted molar refractivity (Wildman–Crippen MR) is 103 cm³/mol. The number of pyridine rings is 1. The summed E-state index contributed by atoms with van der Waals surface area (Å²) in [5, 5.41) is 20.0. The molecule has 5 nitrogen and oxygen atoms in total. The molecule has 0 saturated heterocycles. The first-order valence-corrected chi connectivity index (χ1v) is 8.90. The SMILES string of the molecule is O=C(O)c1cn(CCO)c2ccc(-c3cc4ccccc4s3)cc2c1=O. The second kappa shape index (κ2) is 6.40. The highest BCUT2D eigenvalue weighted by atomic mass is 32.1. The lowest BCUT2D eigenvalue weighted by atomic mass is 10.1. The molecule has 130 valence electrons. The smallest absolute Gasteiger partial charge is 0.341 e. The first kappa shape index (κ1) is 16.5. The molecule has 4 aromatic rings. The number of fused-ring (bicyclic) bond motifs is 2. The van der Waals surface area contributed by atoms with Crippen molar-refractivity contribution in [2.24, 2.45) is 0 Å². The van der Waals surface area contributed by atoms with Crippen LogP contribution in [0.25, 0.3) is 31.4 Å². The fraction of sp³-hybridized carbons (Fsp3) is 0.100. The maximum atomic E-state index is 12.6. The number of thiophene rings is 1. The molecule has 0 unspecified atom stereocenters. The van der Waals surface area contributed by atoms with E-state index in [4.69, 9.17) is 0 Å². The number of nitrogens with zero attached hydrogens (tertiary/aromatic N) is 1. The summed E-state index contributed by atoms with van der Waals surface area (Å²) in [5.41, 5.74) is 0.678. The van der Waals surface area contributed by atoms with Crippen molar-refractivity contribution in [3.8, 4) is 10.4 Å². The molecular weight excluding hydrogens is 350 g/mol. The second-order valence-corrected chi connectivity index (χ2v) is 7.06. The van der Waals surface area contributed by atoms with Gasteiger partial charge in [-0.05, 0) is 35.2 Å². The van der Waals surface area contributed by atoms with Crippen LogP contribution in [0.3, 0.4) is 0 Å². The quantitative estimate of drug-likeness (QED) is 0.579. The van der Waals surface area contributed by atoms with Crippen LogP contribution in [0.2, 0.25) is 0 Å². The molecule has 0 atom stereocenters. The van der Waals surface area contributed by atoms with Crippen molar-refractivity contribution in [3.05, 3.63) is 70.5 Å². The Kier molecular flexibility index (Phi) is 4.06. The lowest BCUT2D eigenvalue weighted by Crippen LogP contribution is -2.19.